The number of benzene rings is 3. The van der Waals surface area contributed by atoms with Gasteiger partial charge in [-0.1, -0.05) is 65.7 Å². The van der Waals surface area contributed by atoms with Crippen LogP contribution in [0.4, 0.5) is 0 Å². The van der Waals surface area contributed by atoms with Gasteiger partial charge in [-0.05, 0) is 47.5 Å². The Labute approximate surface area is 197 Å². The van der Waals surface area contributed by atoms with Crippen LogP contribution in [0.3, 0.4) is 0 Å². The molecule has 1 N–H and O–H groups in total. The lowest BCUT2D eigenvalue weighted by Crippen LogP contribution is -2.41. The highest BCUT2D eigenvalue weighted by Gasteiger charge is 2.35. The zero-order chi connectivity index (χ0) is 22.9. The molecule has 6 nitrogen and oxygen atoms in total. The Morgan fingerprint density at radius 3 is 2.12 bits per heavy atom. The SMILES string of the molecule is CN(C(=N)N1C[C@H](c2ccccc2)C(c2ccc(Cl)cc2)=N1)S(=O)(=O)c1ccc(Cl)cc1. The van der Waals surface area contributed by atoms with Gasteiger partial charge in [0.25, 0.3) is 10.0 Å². The van der Waals surface area contributed by atoms with Crippen molar-refractivity contribution >= 4 is 44.9 Å². The summed E-state index contributed by atoms with van der Waals surface area (Å²) < 4.78 is 27.0. The molecule has 164 valence electrons. The van der Waals surface area contributed by atoms with E-state index in [4.69, 9.17) is 28.6 Å². The highest BCUT2D eigenvalue weighted by Crippen LogP contribution is 2.30. The molecule has 3 aromatic carbocycles. The summed E-state index contributed by atoms with van der Waals surface area (Å²) in [6.07, 6.45) is 0. The number of hydrogen-bond donors (Lipinski definition) is 1. The predicted molar refractivity (Wildman–Crippen MR) is 128 cm³/mol. The summed E-state index contributed by atoms with van der Waals surface area (Å²) in [7, 11) is -2.59. The Kier molecular flexibility index (Phi) is 6.24. The summed E-state index contributed by atoms with van der Waals surface area (Å²) in [5.41, 5.74) is 2.64. The van der Waals surface area contributed by atoms with Crippen molar-refractivity contribution in [3.05, 3.63) is 100 Å². The van der Waals surface area contributed by atoms with Crippen molar-refractivity contribution in [3.8, 4) is 0 Å². The van der Waals surface area contributed by atoms with Crippen LogP contribution in [-0.2, 0) is 10.0 Å². The van der Waals surface area contributed by atoms with E-state index in [0.29, 0.717) is 16.6 Å². The van der Waals surface area contributed by atoms with Gasteiger partial charge in [0.2, 0.25) is 5.96 Å². The van der Waals surface area contributed by atoms with Crippen LogP contribution in [0.2, 0.25) is 10.0 Å². The van der Waals surface area contributed by atoms with E-state index in [1.165, 1.54) is 36.3 Å². The Hall–Kier alpha value is -2.87. The Balaban J connectivity index is 1.67. The van der Waals surface area contributed by atoms with E-state index < -0.39 is 10.0 Å². The monoisotopic (exact) mass is 486 g/mol. The summed E-state index contributed by atoms with van der Waals surface area (Å²) in [4.78, 5) is 0.0508. The first-order valence-corrected chi connectivity index (χ1v) is 12.0. The van der Waals surface area contributed by atoms with Gasteiger partial charge in [0.05, 0.1) is 17.2 Å². The van der Waals surface area contributed by atoms with Crippen molar-refractivity contribution < 1.29 is 8.42 Å². The third kappa shape index (κ3) is 4.37. The standard InChI is InChI=1S/C23H20Cl2N4O2S/c1-28(32(30,31)20-13-11-19(25)12-14-20)23(26)29-15-21(16-5-3-2-4-6-16)22(27-29)17-7-9-18(24)10-8-17/h2-14,21,26H,15H2,1H3/t21-/m1/s1. The lowest BCUT2D eigenvalue weighted by molar-refractivity contribution is 0.421. The van der Waals surface area contributed by atoms with Crippen LogP contribution in [0.1, 0.15) is 17.0 Å². The van der Waals surface area contributed by atoms with Crippen molar-refractivity contribution in [2.45, 2.75) is 10.8 Å². The van der Waals surface area contributed by atoms with E-state index in [1.807, 2.05) is 42.5 Å². The number of sulfonamides is 1. The molecule has 32 heavy (non-hydrogen) atoms. The average Bonchev–Trinajstić information content (AvgIpc) is 3.25. The fourth-order valence-corrected chi connectivity index (χ4v) is 4.87. The number of halogens is 2. The third-order valence-electron chi connectivity index (χ3n) is 5.27. The van der Waals surface area contributed by atoms with E-state index in [0.717, 1.165) is 21.1 Å². The second kappa shape index (κ2) is 8.94. The van der Waals surface area contributed by atoms with Gasteiger partial charge >= 0.3 is 0 Å². The van der Waals surface area contributed by atoms with Crippen molar-refractivity contribution in [1.29, 1.82) is 5.41 Å². The normalized spacial score (nSPS) is 16.0. The molecular formula is C23H20Cl2N4O2S. The molecule has 1 aliphatic rings. The minimum Gasteiger partial charge on any atom is -0.267 e. The fourth-order valence-electron chi connectivity index (χ4n) is 3.50. The van der Waals surface area contributed by atoms with E-state index in [2.05, 4.69) is 5.10 Å². The molecule has 0 amide bonds. The fraction of sp³-hybridized carbons (Fsp3) is 0.130. The minimum atomic E-state index is -3.94. The zero-order valence-electron chi connectivity index (χ0n) is 17.1. The highest BCUT2D eigenvalue weighted by atomic mass is 35.5. The smallest absolute Gasteiger partial charge is 0.266 e. The van der Waals surface area contributed by atoms with Gasteiger partial charge in [0, 0.05) is 23.0 Å². The molecule has 3 aromatic rings. The molecule has 0 unspecified atom stereocenters. The second-order valence-corrected chi connectivity index (χ2v) is 10.1. The van der Waals surface area contributed by atoms with Crippen molar-refractivity contribution in [2.24, 2.45) is 5.10 Å². The number of nitrogens with zero attached hydrogens (tertiary/aromatic N) is 3. The molecule has 0 fully saturated rings. The van der Waals surface area contributed by atoms with Gasteiger partial charge in [-0.2, -0.15) is 5.10 Å². The molecule has 1 atom stereocenters. The van der Waals surface area contributed by atoms with Crippen LogP contribution in [0, 0.1) is 5.41 Å². The van der Waals surface area contributed by atoms with Crippen molar-refractivity contribution in [2.75, 3.05) is 13.6 Å². The first kappa shape index (κ1) is 22.3. The third-order valence-corrected chi connectivity index (χ3v) is 7.54. The number of guanidine groups is 1. The van der Waals surface area contributed by atoms with Crippen molar-refractivity contribution in [3.63, 3.8) is 0 Å². The summed E-state index contributed by atoms with van der Waals surface area (Å²) >= 11 is 11.9. The van der Waals surface area contributed by atoms with Crippen LogP contribution in [0.15, 0.2) is 88.9 Å². The lowest BCUT2D eigenvalue weighted by Gasteiger charge is -2.25. The van der Waals surface area contributed by atoms with Crippen LogP contribution in [0.25, 0.3) is 0 Å². The number of hydrogen-bond acceptors (Lipinski definition) is 4. The van der Waals surface area contributed by atoms with Gasteiger partial charge in [-0.15, -0.1) is 0 Å². The molecule has 0 radical (unpaired) electrons. The Bertz CT molecular complexity index is 1260. The van der Waals surface area contributed by atoms with Gasteiger partial charge in [0.1, 0.15) is 0 Å². The Morgan fingerprint density at radius 1 is 0.969 bits per heavy atom. The maximum Gasteiger partial charge on any atom is 0.266 e. The lowest BCUT2D eigenvalue weighted by atomic mass is 9.91. The molecule has 0 bridgehead atoms. The van der Waals surface area contributed by atoms with Gasteiger partial charge in [-0.3, -0.25) is 5.41 Å². The van der Waals surface area contributed by atoms with Crippen LogP contribution < -0.4 is 0 Å². The average molecular weight is 487 g/mol. The highest BCUT2D eigenvalue weighted by molar-refractivity contribution is 7.89. The van der Waals surface area contributed by atoms with E-state index >= 15 is 0 Å². The van der Waals surface area contributed by atoms with Gasteiger partial charge in [0.15, 0.2) is 0 Å². The molecule has 1 aliphatic heterocycles. The summed E-state index contributed by atoms with van der Waals surface area (Å²) in [6.45, 7) is 0.335. The van der Waals surface area contributed by atoms with Gasteiger partial charge in [-0.25, -0.2) is 17.7 Å². The molecular weight excluding hydrogens is 467 g/mol. The number of hydrazone groups is 1. The summed E-state index contributed by atoms with van der Waals surface area (Å²) in [5.74, 6) is -0.380. The zero-order valence-corrected chi connectivity index (χ0v) is 19.4. The maximum absolute atomic E-state index is 13.0. The molecule has 4 rings (SSSR count). The largest absolute Gasteiger partial charge is 0.267 e. The van der Waals surface area contributed by atoms with Crippen LogP contribution >= 0.6 is 23.2 Å². The van der Waals surface area contributed by atoms with E-state index in [9.17, 15) is 8.42 Å². The number of nitrogens with one attached hydrogen (secondary N) is 1. The number of rotatable bonds is 4. The molecule has 0 aromatic heterocycles. The molecule has 9 heteroatoms. The summed E-state index contributed by atoms with van der Waals surface area (Å²) in [5, 5.41) is 15.7. The van der Waals surface area contributed by atoms with Crippen LogP contribution in [-0.4, -0.2) is 43.0 Å². The second-order valence-electron chi connectivity index (χ2n) is 7.29. The first-order chi connectivity index (χ1) is 15.3. The maximum atomic E-state index is 13.0. The predicted octanol–water partition coefficient (Wildman–Crippen LogP) is 5.05. The minimum absolute atomic E-state index is 0.0508. The summed E-state index contributed by atoms with van der Waals surface area (Å²) in [6, 6.07) is 23.0. The van der Waals surface area contributed by atoms with Gasteiger partial charge < -0.3 is 0 Å². The molecule has 1 heterocycles. The molecule has 0 spiro atoms. The topological polar surface area (TPSA) is 76.8 Å². The Morgan fingerprint density at radius 2 is 1.53 bits per heavy atom. The van der Waals surface area contributed by atoms with E-state index in [-0.39, 0.29) is 16.8 Å². The quantitative estimate of drug-likeness (QED) is 0.413. The van der Waals surface area contributed by atoms with E-state index in [1.54, 1.807) is 12.1 Å². The molecule has 0 saturated carbocycles. The first-order valence-electron chi connectivity index (χ1n) is 9.77. The van der Waals surface area contributed by atoms with Crippen molar-refractivity contribution in [1.82, 2.24) is 9.31 Å². The molecule has 0 saturated heterocycles. The van der Waals surface area contributed by atoms with Crippen LogP contribution in [0.5, 0.6) is 0 Å². The molecule has 0 aliphatic carbocycles.